The van der Waals surface area contributed by atoms with Gasteiger partial charge in [-0.15, -0.1) is 0 Å². The van der Waals surface area contributed by atoms with Crippen molar-refractivity contribution in [2.45, 2.75) is 38.8 Å². The molecule has 1 aliphatic rings. The SMILES string of the molecule is CC(C)N1CCN(C(=O)C(O)C(C)(F)F)CC1. The van der Waals surface area contributed by atoms with E-state index in [0.29, 0.717) is 39.1 Å². The lowest BCUT2D eigenvalue weighted by molar-refractivity contribution is -0.162. The number of aliphatic hydroxyl groups is 1. The third kappa shape index (κ3) is 3.61. The molecule has 0 aromatic rings. The summed E-state index contributed by atoms with van der Waals surface area (Å²) in [5, 5.41) is 9.23. The van der Waals surface area contributed by atoms with E-state index in [-0.39, 0.29) is 0 Å². The first-order chi connectivity index (χ1) is 7.73. The highest BCUT2D eigenvalue weighted by Gasteiger charge is 2.41. The van der Waals surface area contributed by atoms with E-state index in [1.54, 1.807) is 0 Å². The van der Waals surface area contributed by atoms with Crippen molar-refractivity contribution in [2.24, 2.45) is 0 Å². The minimum Gasteiger partial charge on any atom is -0.378 e. The summed E-state index contributed by atoms with van der Waals surface area (Å²) in [5.41, 5.74) is 0. The van der Waals surface area contributed by atoms with Crippen molar-refractivity contribution in [3.63, 3.8) is 0 Å². The highest BCUT2D eigenvalue weighted by Crippen LogP contribution is 2.19. The van der Waals surface area contributed by atoms with Gasteiger partial charge in [0, 0.05) is 39.1 Å². The Morgan fingerprint density at radius 2 is 1.71 bits per heavy atom. The fourth-order valence-electron chi connectivity index (χ4n) is 1.85. The Morgan fingerprint density at radius 1 is 1.24 bits per heavy atom. The van der Waals surface area contributed by atoms with Gasteiger partial charge in [0.1, 0.15) is 0 Å². The van der Waals surface area contributed by atoms with E-state index in [4.69, 9.17) is 0 Å². The molecule has 1 heterocycles. The average molecular weight is 250 g/mol. The molecule has 1 N–H and O–H groups in total. The summed E-state index contributed by atoms with van der Waals surface area (Å²) in [7, 11) is 0. The van der Waals surface area contributed by atoms with Crippen LogP contribution < -0.4 is 0 Å². The summed E-state index contributed by atoms with van der Waals surface area (Å²) < 4.78 is 25.6. The molecule has 1 rings (SSSR count). The Balaban J connectivity index is 2.52. The van der Waals surface area contributed by atoms with Crippen LogP contribution in [-0.4, -0.2) is 65.1 Å². The molecule has 0 bridgehead atoms. The van der Waals surface area contributed by atoms with Crippen molar-refractivity contribution in [3.05, 3.63) is 0 Å². The number of amides is 1. The molecule has 0 aromatic heterocycles. The quantitative estimate of drug-likeness (QED) is 0.795. The maximum absolute atomic E-state index is 12.8. The van der Waals surface area contributed by atoms with Crippen molar-refractivity contribution in [3.8, 4) is 0 Å². The molecule has 0 aromatic carbocycles. The van der Waals surface area contributed by atoms with E-state index < -0.39 is 17.9 Å². The summed E-state index contributed by atoms with van der Waals surface area (Å²) >= 11 is 0. The highest BCUT2D eigenvalue weighted by atomic mass is 19.3. The molecule has 1 saturated heterocycles. The zero-order valence-corrected chi connectivity index (χ0v) is 10.5. The van der Waals surface area contributed by atoms with Crippen molar-refractivity contribution < 1.29 is 18.7 Å². The lowest BCUT2D eigenvalue weighted by Gasteiger charge is -2.38. The van der Waals surface area contributed by atoms with Crippen LogP contribution in [0, 0.1) is 0 Å². The molecule has 1 amide bonds. The first kappa shape index (κ1) is 14.3. The van der Waals surface area contributed by atoms with Gasteiger partial charge in [-0.3, -0.25) is 9.69 Å². The predicted octanol–water partition coefficient (Wildman–Crippen LogP) is 0.555. The number of halogens is 2. The first-order valence-corrected chi connectivity index (χ1v) is 5.82. The number of hydrogen-bond acceptors (Lipinski definition) is 3. The van der Waals surface area contributed by atoms with Gasteiger partial charge in [-0.1, -0.05) is 0 Å². The number of carbonyl (C=O) groups excluding carboxylic acids is 1. The number of carbonyl (C=O) groups is 1. The minimum atomic E-state index is -3.38. The fraction of sp³-hybridized carbons (Fsp3) is 0.909. The second-order valence-corrected chi connectivity index (χ2v) is 4.81. The van der Waals surface area contributed by atoms with Crippen molar-refractivity contribution >= 4 is 5.91 Å². The average Bonchev–Trinajstić information content (AvgIpc) is 2.26. The molecule has 17 heavy (non-hydrogen) atoms. The van der Waals surface area contributed by atoms with Gasteiger partial charge in [-0.05, 0) is 13.8 Å². The molecular weight excluding hydrogens is 230 g/mol. The fourth-order valence-corrected chi connectivity index (χ4v) is 1.85. The Kier molecular flexibility index (Phi) is 4.43. The largest absolute Gasteiger partial charge is 0.378 e. The lowest BCUT2D eigenvalue weighted by atomic mass is 10.1. The molecule has 6 heteroatoms. The second-order valence-electron chi connectivity index (χ2n) is 4.81. The van der Waals surface area contributed by atoms with E-state index in [2.05, 4.69) is 4.90 Å². The summed E-state index contributed by atoms with van der Waals surface area (Å²) in [6.07, 6.45) is -2.23. The van der Waals surface area contributed by atoms with E-state index in [1.807, 2.05) is 13.8 Å². The molecule has 0 spiro atoms. The van der Waals surface area contributed by atoms with Gasteiger partial charge in [0.15, 0.2) is 6.10 Å². The topological polar surface area (TPSA) is 43.8 Å². The predicted molar refractivity (Wildman–Crippen MR) is 59.9 cm³/mol. The number of rotatable bonds is 3. The van der Waals surface area contributed by atoms with Crippen LogP contribution in [0.4, 0.5) is 8.78 Å². The number of piperazine rings is 1. The zero-order valence-electron chi connectivity index (χ0n) is 10.5. The van der Waals surface area contributed by atoms with Crippen LogP contribution in [0.2, 0.25) is 0 Å². The normalized spacial score (nSPS) is 20.8. The molecule has 1 aliphatic heterocycles. The van der Waals surface area contributed by atoms with Crippen LogP contribution in [0.1, 0.15) is 20.8 Å². The Bertz CT molecular complexity index is 271. The van der Waals surface area contributed by atoms with Crippen LogP contribution in [0.25, 0.3) is 0 Å². The molecule has 1 fully saturated rings. The van der Waals surface area contributed by atoms with Crippen molar-refractivity contribution in [2.75, 3.05) is 26.2 Å². The van der Waals surface area contributed by atoms with Gasteiger partial charge in [-0.2, -0.15) is 0 Å². The molecule has 4 nitrogen and oxygen atoms in total. The molecule has 1 unspecified atom stereocenters. The molecule has 0 saturated carbocycles. The number of aliphatic hydroxyl groups excluding tert-OH is 1. The highest BCUT2D eigenvalue weighted by molar-refractivity contribution is 5.81. The Morgan fingerprint density at radius 3 is 2.06 bits per heavy atom. The van der Waals surface area contributed by atoms with Crippen LogP contribution in [0.15, 0.2) is 0 Å². The maximum Gasteiger partial charge on any atom is 0.279 e. The third-order valence-corrected chi connectivity index (χ3v) is 3.07. The summed E-state index contributed by atoms with van der Waals surface area (Å²) in [6.45, 7) is 6.75. The minimum absolute atomic E-state index is 0.379. The van der Waals surface area contributed by atoms with Crippen LogP contribution in [-0.2, 0) is 4.79 Å². The van der Waals surface area contributed by atoms with Gasteiger partial charge in [0.2, 0.25) is 0 Å². The van der Waals surface area contributed by atoms with E-state index in [1.165, 1.54) is 4.90 Å². The Hall–Kier alpha value is -0.750. The number of hydrogen-bond donors (Lipinski definition) is 1. The van der Waals surface area contributed by atoms with Crippen molar-refractivity contribution in [1.82, 2.24) is 9.80 Å². The van der Waals surface area contributed by atoms with Crippen molar-refractivity contribution in [1.29, 1.82) is 0 Å². The van der Waals surface area contributed by atoms with Gasteiger partial charge in [-0.25, -0.2) is 8.78 Å². The summed E-state index contributed by atoms with van der Waals surface area (Å²) in [5.74, 6) is -4.26. The van der Waals surface area contributed by atoms with Crippen LogP contribution in [0.5, 0.6) is 0 Å². The van der Waals surface area contributed by atoms with Gasteiger partial charge in [0.05, 0.1) is 0 Å². The third-order valence-electron chi connectivity index (χ3n) is 3.07. The smallest absolute Gasteiger partial charge is 0.279 e. The van der Waals surface area contributed by atoms with E-state index in [9.17, 15) is 18.7 Å². The van der Waals surface area contributed by atoms with Gasteiger partial charge in [0.25, 0.3) is 11.8 Å². The monoisotopic (exact) mass is 250 g/mol. The molecular formula is C11H20F2N2O2. The molecule has 0 aliphatic carbocycles. The molecule has 0 radical (unpaired) electrons. The van der Waals surface area contributed by atoms with Crippen LogP contribution in [0.3, 0.4) is 0 Å². The van der Waals surface area contributed by atoms with Crippen LogP contribution >= 0.6 is 0 Å². The Labute approximate surface area is 100 Å². The maximum atomic E-state index is 12.8. The number of alkyl halides is 2. The standard InChI is InChI=1S/C11H20F2N2O2/c1-8(2)14-4-6-15(7-5-14)10(17)9(16)11(3,12)13/h8-9,16H,4-7H2,1-3H3. The summed E-state index contributed by atoms with van der Waals surface area (Å²) in [4.78, 5) is 15.1. The number of nitrogens with zero attached hydrogens (tertiary/aromatic N) is 2. The zero-order chi connectivity index (χ0) is 13.2. The lowest BCUT2D eigenvalue weighted by Crippen LogP contribution is -2.55. The molecule has 1 atom stereocenters. The van der Waals surface area contributed by atoms with Gasteiger partial charge >= 0.3 is 0 Å². The van der Waals surface area contributed by atoms with Gasteiger partial charge < -0.3 is 10.0 Å². The second kappa shape index (κ2) is 5.27. The molecule has 100 valence electrons. The van der Waals surface area contributed by atoms with E-state index >= 15 is 0 Å². The summed E-state index contributed by atoms with van der Waals surface area (Å²) in [6, 6.07) is 0.379. The van der Waals surface area contributed by atoms with E-state index in [0.717, 1.165) is 0 Å². The first-order valence-electron chi connectivity index (χ1n) is 5.82.